The van der Waals surface area contributed by atoms with Crippen LogP contribution in [-0.2, 0) is 26.8 Å². The van der Waals surface area contributed by atoms with Gasteiger partial charge in [-0.1, -0.05) is 12.1 Å². The van der Waals surface area contributed by atoms with Crippen molar-refractivity contribution in [1.82, 2.24) is 20.2 Å². The van der Waals surface area contributed by atoms with E-state index in [2.05, 4.69) is 15.3 Å². The number of amides is 1. The molecule has 0 bridgehead atoms. The Hall–Kier alpha value is -2.60. The van der Waals surface area contributed by atoms with Crippen LogP contribution in [0.4, 0.5) is 13.2 Å². The van der Waals surface area contributed by atoms with Gasteiger partial charge in [0.1, 0.15) is 12.0 Å². The molecule has 4 heterocycles. The maximum Gasteiger partial charge on any atom is 0.416 e. The van der Waals surface area contributed by atoms with Gasteiger partial charge >= 0.3 is 6.18 Å². The summed E-state index contributed by atoms with van der Waals surface area (Å²) in [7, 11) is 1.72. The summed E-state index contributed by atoms with van der Waals surface area (Å²) in [6, 6.07) is 7.63. The summed E-state index contributed by atoms with van der Waals surface area (Å²) in [6.07, 6.45) is 3.52. The first-order valence-electron chi connectivity index (χ1n) is 14.6. The van der Waals surface area contributed by atoms with Crippen LogP contribution in [0.5, 0.6) is 0 Å². The molecule has 4 atom stereocenters. The highest BCUT2D eigenvalue weighted by atomic mass is 19.4. The third kappa shape index (κ3) is 7.82. The second-order valence-corrected chi connectivity index (χ2v) is 11.2. The number of alkyl halides is 3. The Balaban J connectivity index is 1.10. The summed E-state index contributed by atoms with van der Waals surface area (Å²) >= 11 is 0. The van der Waals surface area contributed by atoms with Gasteiger partial charge in [-0.25, -0.2) is 9.97 Å². The summed E-state index contributed by atoms with van der Waals surface area (Å²) in [5.41, 5.74) is 1.30. The highest BCUT2D eigenvalue weighted by Crippen LogP contribution is 2.35. The van der Waals surface area contributed by atoms with Crippen molar-refractivity contribution < 1.29 is 32.2 Å². The Morgan fingerprint density at radius 2 is 1.88 bits per heavy atom. The Kier molecular flexibility index (Phi) is 9.90. The van der Waals surface area contributed by atoms with Gasteiger partial charge in [0.25, 0.3) is 5.91 Å². The number of likely N-dealkylation sites (tertiary alicyclic amines) is 1. The SMILES string of the molecule is CO[C@@H]1COCC[C@@H]1NC1CCN(C(=O)c2cc(CC[C@H]3CCC[C@@H](c4ccc(C(F)(F)F)cc4)O3)ncn2)CC1. The molecule has 1 aromatic heterocycles. The van der Waals surface area contributed by atoms with Crippen LogP contribution in [0, 0.1) is 0 Å². The number of piperidine rings is 1. The molecule has 11 heteroatoms. The normalized spacial score (nSPS) is 26.2. The first-order chi connectivity index (χ1) is 19.8. The lowest BCUT2D eigenvalue weighted by Gasteiger charge is -2.38. The summed E-state index contributed by atoms with van der Waals surface area (Å²) < 4.78 is 56.1. The first kappa shape index (κ1) is 29.9. The lowest BCUT2D eigenvalue weighted by Crippen LogP contribution is -2.54. The van der Waals surface area contributed by atoms with Crippen LogP contribution in [0.25, 0.3) is 0 Å². The molecule has 224 valence electrons. The molecule has 2 aromatic rings. The smallest absolute Gasteiger partial charge is 0.379 e. The van der Waals surface area contributed by atoms with E-state index in [1.807, 2.05) is 4.90 Å². The molecule has 1 amide bonds. The lowest BCUT2D eigenvalue weighted by molar-refractivity contribution is -0.137. The first-order valence-corrected chi connectivity index (χ1v) is 14.6. The van der Waals surface area contributed by atoms with Crippen LogP contribution in [0.1, 0.15) is 78.4 Å². The van der Waals surface area contributed by atoms with Crippen molar-refractivity contribution in [3.8, 4) is 0 Å². The van der Waals surface area contributed by atoms with Crippen molar-refractivity contribution in [3.05, 3.63) is 59.2 Å². The third-order valence-electron chi connectivity index (χ3n) is 8.46. The number of aryl methyl sites for hydroxylation is 1. The zero-order valence-electron chi connectivity index (χ0n) is 23.4. The Bertz CT molecular complexity index is 1140. The second kappa shape index (κ2) is 13.6. The van der Waals surface area contributed by atoms with Gasteiger partial charge in [0.15, 0.2) is 0 Å². The number of methoxy groups -OCH3 is 1. The average Bonchev–Trinajstić information content (AvgIpc) is 3.00. The van der Waals surface area contributed by atoms with E-state index >= 15 is 0 Å². The number of nitrogens with one attached hydrogen (secondary N) is 1. The molecule has 5 rings (SSSR count). The molecule has 1 N–H and O–H groups in total. The van der Waals surface area contributed by atoms with E-state index in [1.165, 1.54) is 18.5 Å². The van der Waals surface area contributed by atoms with Crippen molar-refractivity contribution in [3.63, 3.8) is 0 Å². The molecule has 41 heavy (non-hydrogen) atoms. The molecular weight excluding hydrogens is 537 g/mol. The molecular formula is C30H39F3N4O4. The summed E-state index contributed by atoms with van der Waals surface area (Å²) in [5, 5.41) is 3.71. The van der Waals surface area contributed by atoms with E-state index < -0.39 is 11.7 Å². The molecule has 3 aliphatic heterocycles. The molecule has 3 saturated heterocycles. The maximum absolute atomic E-state index is 13.2. The second-order valence-electron chi connectivity index (χ2n) is 11.2. The Labute approximate surface area is 239 Å². The van der Waals surface area contributed by atoms with Crippen molar-refractivity contribution in [2.24, 2.45) is 0 Å². The minimum Gasteiger partial charge on any atom is -0.379 e. The highest BCUT2D eigenvalue weighted by molar-refractivity contribution is 5.92. The van der Waals surface area contributed by atoms with Crippen molar-refractivity contribution in [2.45, 2.75) is 87.9 Å². The monoisotopic (exact) mass is 576 g/mol. The van der Waals surface area contributed by atoms with E-state index in [0.717, 1.165) is 68.5 Å². The van der Waals surface area contributed by atoms with Gasteiger partial charge in [-0.3, -0.25) is 4.79 Å². The number of benzene rings is 1. The molecule has 1 aromatic carbocycles. The molecule has 8 nitrogen and oxygen atoms in total. The summed E-state index contributed by atoms with van der Waals surface area (Å²) in [4.78, 5) is 23.7. The molecule has 0 radical (unpaired) electrons. The number of ether oxygens (including phenoxy) is 3. The fourth-order valence-electron chi connectivity index (χ4n) is 6.05. The van der Waals surface area contributed by atoms with E-state index in [4.69, 9.17) is 14.2 Å². The van der Waals surface area contributed by atoms with Crippen LogP contribution in [-0.4, -0.2) is 78.5 Å². The molecule has 0 aliphatic carbocycles. The zero-order valence-corrected chi connectivity index (χ0v) is 23.4. The van der Waals surface area contributed by atoms with Gasteiger partial charge in [-0.15, -0.1) is 0 Å². The highest BCUT2D eigenvalue weighted by Gasteiger charge is 2.32. The van der Waals surface area contributed by atoms with Crippen LogP contribution in [0.15, 0.2) is 36.7 Å². The predicted octanol–water partition coefficient (Wildman–Crippen LogP) is 4.74. The van der Waals surface area contributed by atoms with Crippen LogP contribution in [0.2, 0.25) is 0 Å². The zero-order chi connectivity index (χ0) is 28.8. The van der Waals surface area contributed by atoms with Crippen LogP contribution >= 0.6 is 0 Å². The molecule has 0 unspecified atom stereocenters. The van der Waals surface area contributed by atoms with Gasteiger partial charge in [0, 0.05) is 44.6 Å². The number of carbonyl (C=O) groups excluding carboxylic acids is 1. The van der Waals surface area contributed by atoms with Crippen molar-refractivity contribution >= 4 is 5.91 Å². The largest absolute Gasteiger partial charge is 0.416 e. The average molecular weight is 577 g/mol. The number of hydrogen-bond acceptors (Lipinski definition) is 7. The summed E-state index contributed by atoms with van der Waals surface area (Å²) in [6.45, 7) is 2.67. The van der Waals surface area contributed by atoms with Crippen molar-refractivity contribution in [2.75, 3.05) is 33.4 Å². The van der Waals surface area contributed by atoms with Crippen LogP contribution < -0.4 is 5.32 Å². The van der Waals surface area contributed by atoms with Gasteiger partial charge in [0.2, 0.25) is 0 Å². The quantitative estimate of drug-likeness (QED) is 0.486. The molecule has 0 saturated carbocycles. The number of carbonyl (C=O) groups is 1. The van der Waals surface area contributed by atoms with Gasteiger partial charge in [-0.05, 0) is 75.1 Å². The minimum absolute atomic E-state index is 0.0230. The number of rotatable bonds is 8. The van der Waals surface area contributed by atoms with E-state index in [1.54, 1.807) is 13.2 Å². The number of hydrogen-bond donors (Lipinski definition) is 1. The fourth-order valence-corrected chi connectivity index (χ4v) is 6.05. The van der Waals surface area contributed by atoms with Crippen LogP contribution in [0.3, 0.4) is 0 Å². The van der Waals surface area contributed by atoms with Gasteiger partial charge < -0.3 is 24.4 Å². The topological polar surface area (TPSA) is 85.8 Å². The van der Waals surface area contributed by atoms with E-state index in [-0.39, 0.29) is 30.3 Å². The third-order valence-corrected chi connectivity index (χ3v) is 8.46. The number of aromatic nitrogens is 2. The van der Waals surface area contributed by atoms with Gasteiger partial charge in [-0.2, -0.15) is 13.2 Å². The van der Waals surface area contributed by atoms with E-state index in [0.29, 0.717) is 44.3 Å². The Morgan fingerprint density at radius 1 is 1.10 bits per heavy atom. The van der Waals surface area contributed by atoms with Crippen molar-refractivity contribution in [1.29, 1.82) is 0 Å². The standard InChI is InChI=1S/C30H39F3N4O4/c1-39-28-18-40-16-13-25(28)36-22-11-14-37(15-12-22)29(38)26-17-23(34-19-35-26)9-10-24-3-2-4-27(41-24)20-5-7-21(8-6-20)30(31,32)33/h5-8,17,19,22,24-25,27-28,36H,2-4,9-16,18H2,1H3/t24-,25+,27+,28-/m1/s1. The number of nitrogens with zero attached hydrogens (tertiary/aromatic N) is 3. The minimum atomic E-state index is -4.35. The lowest BCUT2D eigenvalue weighted by atomic mass is 9.95. The number of halogens is 3. The van der Waals surface area contributed by atoms with Gasteiger partial charge in [0.05, 0.1) is 30.5 Å². The maximum atomic E-state index is 13.2. The molecule has 0 spiro atoms. The van der Waals surface area contributed by atoms with E-state index in [9.17, 15) is 18.0 Å². The fraction of sp³-hybridized carbons (Fsp3) is 0.633. The predicted molar refractivity (Wildman–Crippen MR) is 145 cm³/mol. The summed E-state index contributed by atoms with van der Waals surface area (Å²) in [5.74, 6) is -0.0794. The molecule has 3 aliphatic rings. The molecule has 3 fully saturated rings. The Morgan fingerprint density at radius 3 is 2.61 bits per heavy atom.